The molecule has 3 fully saturated rings. The van der Waals surface area contributed by atoms with E-state index in [2.05, 4.69) is 32.2 Å². The predicted molar refractivity (Wildman–Crippen MR) is 128 cm³/mol. The number of anilines is 1. The Balaban J connectivity index is 1.48. The number of hydrogen-bond donors (Lipinski definition) is 1. The fraction of sp³-hybridized carbons (Fsp3) is 0.607. The van der Waals surface area contributed by atoms with Crippen LogP contribution in [-0.4, -0.2) is 23.8 Å². The average Bonchev–Trinajstić information content (AvgIpc) is 3.18. The minimum atomic E-state index is -0.737. The van der Waals surface area contributed by atoms with Gasteiger partial charge in [0.15, 0.2) is 0 Å². The quantitative estimate of drug-likeness (QED) is 0.612. The van der Waals surface area contributed by atoms with Crippen molar-refractivity contribution in [2.24, 2.45) is 34.5 Å². The normalized spacial score (nSPS) is 37.7. The van der Waals surface area contributed by atoms with Crippen LogP contribution in [0.3, 0.4) is 0 Å². The van der Waals surface area contributed by atoms with Crippen molar-refractivity contribution in [1.82, 2.24) is 4.90 Å². The highest BCUT2D eigenvalue weighted by Crippen LogP contribution is 2.65. The molecule has 4 aliphatic rings. The van der Waals surface area contributed by atoms with Crippen LogP contribution in [0.25, 0.3) is 0 Å². The zero-order valence-corrected chi connectivity index (χ0v) is 20.3. The molecule has 5 rings (SSSR count). The minimum Gasteiger partial charge on any atom is -0.324 e. The first kappa shape index (κ1) is 22.2. The smallest absolute Gasteiger partial charge is 0.239 e. The summed E-state index contributed by atoms with van der Waals surface area (Å²) in [4.78, 5) is 28.6. The van der Waals surface area contributed by atoms with Gasteiger partial charge in [-0.05, 0) is 80.8 Å². The Morgan fingerprint density at radius 1 is 1.18 bits per heavy atom. The molecule has 1 aliphatic heterocycles. The number of carbonyl (C=O) groups is 2. The van der Waals surface area contributed by atoms with Crippen molar-refractivity contribution in [3.05, 3.63) is 41.1 Å². The molecule has 1 N–H and O–H groups in total. The van der Waals surface area contributed by atoms with Crippen LogP contribution < -0.4 is 5.32 Å². The number of allylic oxidation sites excluding steroid dienone is 2. The number of rotatable bonds is 2. The van der Waals surface area contributed by atoms with Crippen molar-refractivity contribution in [2.45, 2.75) is 65.7 Å². The SMILES string of the molecule is CC1=C2N(C)C(=O)C(C(=O)Nc3ccccc3C#N)C[C@]2(C)[C@@H]2CC[C@]3(C)CCC[C@H]3[C@@H]2C1. The summed E-state index contributed by atoms with van der Waals surface area (Å²) in [6.45, 7) is 7.02. The molecule has 5 nitrogen and oxygen atoms in total. The molecule has 2 amide bonds. The maximum absolute atomic E-state index is 13.4. The second kappa shape index (κ2) is 7.72. The maximum atomic E-state index is 13.4. The number of nitriles is 1. The van der Waals surface area contributed by atoms with Crippen molar-refractivity contribution >= 4 is 17.5 Å². The molecule has 3 aliphatic carbocycles. The molecule has 1 aromatic rings. The number of nitrogens with zero attached hydrogens (tertiary/aromatic N) is 2. The van der Waals surface area contributed by atoms with Gasteiger partial charge in [-0.2, -0.15) is 5.26 Å². The summed E-state index contributed by atoms with van der Waals surface area (Å²) in [6.07, 6.45) is 8.06. The molecule has 174 valence electrons. The summed E-state index contributed by atoms with van der Waals surface area (Å²) < 4.78 is 0. The molecule has 0 radical (unpaired) electrons. The van der Waals surface area contributed by atoms with E-state index in [1.54, 1.807) is 29.2 Å². The molecule has 5 heteroatoms. The summed E-state index contributed by atoms with van der Waals surface area (Å²) in [5, 5.41) is 12.3. The van der Waals surface area contributed by atoms with Gasteiger partial charge in [0.2, 0.25) is 11.8 Å². The first-order valence-electron chi connectivity index (χ1n) is 12.5. The van der Waals surface area contributed by atoms with Gasteiger partial charge in [0.05, 0.1) is 11.3 Å². The largest absolute Gasteiger partial charge is 0.324 e. The number of hydrogen-bond acceptors (Lipinski definition) is 3. The zero-order valence-electron chi connectivity index (χ0n) is 20.3. The first-order valence-corrected chi connectivity index (χ1v) is 12.5. The number of para-hydroxylation sites is 1. The zero-order chi connectivity index (χ0) is 23.5. The Labute approximate surface area is 197 Å². The van der Waals surface area contributed by atoms with E-state index < -0.39 is 5.92 Å². The molecular weight excluding hydrogens is 410 g/mol. The van der Waals surface area contributed by atoms with Crippen LogP contribution in [0.4, 0.5) is 5.69 Å². The highest BCUT2D eigenvalue weighted by Gasteiger charge is 2.60. The first-order chi connectivity index (χ1) is 15.7. The van der Waals surface area contributed by atoms with E-state index in [0.29, 0.717) is 34.9 Å². The Morgan fingerprint density at radius 2 is 1.94 bits per heavy atom. The third kappa shape index (κ3) is 3.25. The molecule has 0 bridgehead atoms. The van der Waals surface area contributed by atoms with Gasteiger partial charge in [0, 0.05) is 18.2 Å². The van der Waals surface area contributed by atoms with Crippen molar-refractivity contribution in [3.63, 3.8) is 0 Å². The molecule has 1 aromatic carbocycles. The van der Waals surface area contributed by atoms with Crippen LogP contribution >= 0.6 is 0 Å². The predicted octanol–water partition coefficient (Wildman–Crippen LogP) is 5.49. The van der Waals surface area contributed by atoms with E-state index in [1.807, 2.05) is 7.05 Å². The van der Waals surface area contributed by atoms with E-state index in [9.17, 15) is 14.9 Å². The van der Waals surface area contributed by atoms with E-state index >= 15 is 0 Å². The molecular formula is C28H35N3O2. The van der Waals surface area contributed by atoms with Gasteiger partial charge in [0.25, 0.3) is 0 Å². The lowest BCUT2D eigenvalue weighted by atomic mass is 9.48. The van der Waals surface area contributed by atoms with Crippen LogP contribution in [-0.2, 0) is 9.59 Å². The van der Waals surface area contributed by atoms with Gasteiger partial charge in [0.1, 0.15) is 12.0 Å². The topological polar surface area (TPSA) is 73.2 Å². The monoisotopic (exact) mass is 445 g/mol. The van der Waals surface area contributed by atoms with Crippen LogP contribution in [0.1, 0.15) is 71.3 Å². The van der Waals surface area contributed by atoms with Gasteiger partial charge < -0.3 is 10.2 Å². The number of likely N-dealkylation sites (tertiary alicyclic amines) is 1. The highest BCUT2D eigenvalue weighted by molar-refractivity contribution is 6.08. The van der Waals surface area contributed by atoms with Crippen molar-refractivity contribution < 1.29 is 9.59 Å². The molecule has 1 unspecified atom stereocenters. The molecule has 33 heavy (non-hydrogen) atoms. The van der Waals surface area contributed by atoms with E-state index in [1.165, 1.54) is 37.7 Å². The second-order valence-corrected chi connectivity index (χ2v) is 11.5. The van der Waals surface area contributed by atoms with Crippen LogP contribution in [0, 0.1) is 45.8 Å². The highest BCUT2D eigenvalue weighted by atomic mass is 16.2. The number of piperidine rings is 1. The number of amides is 2. The van der Waals surface area contributed by atoms with Gasteiger partial charge in [-0.3, -0.25) is 9.59 Å². The summed E-state index contributed by atoms with van der Waals surface area (Å²) in [6, 6.07) is 9.10. The average molecular weight is 446 g/mol. The third-order valence-electron chi connectivity index (χ3n) is 9.74. The lowest BCUT2D eigenvalue weighted by Gasteiger charge is -2.59. The van der Waals surface area contributed by atoms with Crippen molar-refractivity contribution in [3.8, 4) is 6.07 Å². The fourth-order valence-corrected chi connectivity index (χ4v) is 8.36. The lowest BCUT2D eigenvalue weighted by molar-refractivity contribution is -0.147. The van der Waals surface area contributed by atoms with Gasteiger partial charge >= 0.3 is 0 Å². The molecule has 6 atom stereocenters. The summed E-state index contributed by atoms with van der Waals surface area (Å²) in [5.41, 5.74) is 3.66. The van der Waals surface area contributed by atoms with Crippen LogP contribution in [0.15, 0.2) is 35.5 Å². The van der Waals surface area contributed by atoms with Gasteiger partial charge in [-0.25, -0.2) is 0 Å². The second-order valence-electron chi connectivity index (χ2n) is 11.5. The molecule has 1 heterocycles. The van der Waals surface area contributed by atoms with Gasteiger partial charge in [-0.15, -0.1) is 0 Å². The number of carbonyl (C=O) groups excluding carboxylic acids is 2. The molecule has 2 saturated carbocycles. The summed E-state index contributed by atoms with van der Waals surface area (Å²) in [5.74, 6) is 0.736. The molecule has 1 saturated heterocycles. The third-order valence-corrected chi connectivity index (χ3v) is 9.74. The lowest BCUT2D eigenvalue weighted by Crippen LogP contribution is -2.57. The van der Waals surface area contributed by atoms with Gasteiger partial charge in [-0.1, -0.05) is 38.0 Å². The van der Waals surface area contributed by atoms with E-state index in [0.717, 1.165) is 18.0 Å². The Bertz CT molecular complexity index is 1080. The van der Waals surface area contributed by atoms with Crippen molar-refractivity contribution in [1.29, 1.82) is 5.26 Å². The molecule has 0 spiro atoms. The minimum absolute atomic E-state index is 0.131. The Hall–Kier alpha value is -2.61. The fourth-order valence-electron chi connectivity index (χ4n) is 8.36. The number of benzene rings is 1. The van der Waals surface area contributed by atoms with E-state index in [4.69, 9.17) is 0 Å². The standard InChI is InChI=1S/C28H35N3O2/c1-17-14-19-21-9-7-12-27(21,2)13-11-22(19)28(3)15-20(26(33)31(4)24(17)28)25(32)30-23-10-6-5-8-18(23)16-29/h5-6,8,10,19-22H,7,9,11-15H2,1-4H3,(H,30,32)/t19-,20?,21-,22+,27-,28+/m0/s1. The number of fused-ring (bicyclic) bond motifs is 5. The van der Waals surface area contributed by atoms with Crippen molar-refractivity contribution in [2.75, 3.05) is 12.4 Å². The van der Waals surface area contributed by atoms with Crippen LogP contribution in [0.2, 0.25) is 0 Å². The summed E-state index contributed by atoms with van der Waals surface area (Å²) in [7, 11) is 1.85. The van der Waals surface area contributed by atoms with Crippen LogP contribution in [0.5, 0.6) is 0 Å². The van der Waals surface area contributed by atoms with E-state index in [-0.39, 0.29) is 17.2 Å². The molecule has 0 aromatic heterocycles. The maximum Gasteiger partial charge on any atom is 0.239 e. The summed E-state index contributed by atoms with van der Waals surface area (Å²) >= 11 is 0. The Kier molecular flexibility index (Phi) is 5.19. The Morgan fingerprint density at radius 3 is 2.70 bits per heavy atom. The number of nitrogens with one attached hydrogen (secondary N) is 1.